The lowest BCUT2D eigenvalue weighted by Crippen LogP contribution is -2.43. The van der Waals surface area contributed by atoms with Crippen molar-refractivity contribution in [2.75, 3.05) is 13.1 Å². The van der Waals surface area contributed by atoms with Gasteiger partial charge in [0, 0.05) is 13.1 Å². The Morgan fingerprint density at radius 3 is 2.17 bits per heavy atom. The maximum absolute atomic E-state index is 9.76. The first-order valence-electron chi connectivity index (χ1n) is 5.03. The minimum absolute atomic E-state index is 0.225. The molecule has 1 aliphatic rings. The van der Waals surface area contributed by atoms with Gasteiger partial charge in [-0.2, -0.15) is 0 Å². The molecule has 1 atom stereocenters. The van der Waals surface area contributed by atoms with Crippen LogP contribution in [0.4, 0.5) is 0 Å². The molecule has 0 aromatic carbocycles. The van der Waals surface area contributed by atoms with Crippen molar-refractivity contribution >= 4 is 0 Å². The number of piperidine rings is 1. The molecule has 1 heterocycles. The van der Waals surface area contributed by atoms with Gasteiger partial charge in [0.1, 0.15) is 6.23 Å². The predicted molar refractivity (Wildman–Crippen MR) is 50.8 cm³/mol. The van der Waals surface area contributed by atoms with Crippen molar-refractivity contribution in [3.63, 3.8) is 0 Å². The van der Waals surface area contributed by atoms with E-state index in [0.717, 1.165) is 19.0 Å². The molecule has 0 spiro atoms. The van der Waals surface area contributed by atoms with Crippen LogP contribution in [0.3, 0.4) is 0 Å². The third kappa shape index (κ3) is 2.46. The molecule has 0 bridgehead atoms. The van der Waals surface area contributed by atoms with Crippen molar-refractivity contribution in [1.29, 1.82) is 0 Å². The molecule has 0 amide bonds. The van der Waals surface area contributed by atoms with E-state index < -0.39 is 0 Å². The van der Waals surface area contributed by atoms with Gasteiger partial charge < -0.3 is 5.11 Å². The van der Waals surface area contributed by atoms with Gasteiger partial charge in [-0.25, -0.2) is 0 Å². The van der Waals surface area contributed by atoms with Crippen molar-refractivity contribution in [3.8, 4) is 0 Å². The summed E-state index contributed by atoms with van der Waals surface area (Å²) in [6.07, 6.45) is 2.26. The van der Waals surface area contributed by atoms with Crippen LogP contribution < -0.4 is 0 Å². The van der Waals surface area contributed by atoms with Crippen LogP contribution in [0.25, 0.3) is 0 Å². The second kappa shape index (κ2) is 4.24. The molecule has 1 rings (SSSR count). The molecule has 12 heavy (non-hydrogen) atoms. The van der Waals surface area contributed by atoms with Crippen LogP contribution in [0.1, 0.15) is 33.6 Å². The predicted octanol–water partition coefficient (Wildman–Crippen LogP) is 1.69. The van der Waals surface area contributed by atoms with E-state index in [0.29, 0.717) is 5.92 Å². The summed E-state index contributed by atoms with van der Waals surface area (Å²) in [5, 5.41) is 9.76. The van der Waals surface area contributed by atoms with Gasteiger partial charge in [-0.1, -0.05) is 20.8 Å². The number of aliphatic hydroxyl groups is 1. The monoisotopic (exact) mass is 171 g/mol. The topological polar surface area (TPSA) is 23.5 Å². The minimum Gasteiger partial charge on any atom is -0.378 e. The van der Waals surface area contributed by atoms with Gasteiger partial charge >= 0.3 is 0 Å². The molecule has 1 saturated heterocycles. The van der Waals surface area contributed by atoms with Gasteiger partial charge in [-0.3, -0.25) is 4.90 Å². The summed E-state index contributed by atoms with van der Waals surface area (Å²) >= 11 is 0. The van der Waals surface area contributed by atoms with Gasteiger partial charge in [0.05, 0.1) is 0 Å². The third-order valence-electron chi connectivity index (χ3n) is 2.79. The molecule has 0 aliphatic carbocycles. The fourth-order valence-corrected chi connectivity index (χ4v) is 1.71. The van der Waals surface area contributed by atoms with Crippen molar-refractivity contribution < 1.29 is 5.11 Å². The summed E-state index contributed by atoms with van der Waals surface area (Å²) in [4.78, 5) is 2.20. The smallest absolute Gasteiger partial charge is 0.109 e. The number of aliphatic hydroxyl groups excluding tert-OH is 1. The van der Waals surface area contributed by atoms with E-state index in [9.17, 15) is 5.11 Å². The molecule has 1 fully saturated rings. The van der Waals surface area contributed by atoms with Crippen LogP contribution >= 0.6 is 0 Å². The normalized spacial score (nSPS) is 24.8. The van der Waals surface area contributed by atoms with Crippen LogP contribution in [0.15, 0.2) is 0 Å². The summed E-state index contributed by atoms with van der Waals surface area (Å²) in [6.45, 7) is 8.57. The third-order valence-corrected chi connectivity index (χ3v) is 2.79. The Balaban J connectivity index is 2.34. The van der Waals surface area contributed by atoms with Gasteiger partial charge in [0.2, 0.25) is 0 Å². The van der Waals surface area contributed by atoms with E-state index in [1.54, 1.807) is 0 Å². The molecule has 1 aliphatic heterocycles. The molecule has 1 N–H and O–H groups in total. The molecule has 0 radical (unpaired) electrons. The van der Waals surface area contributed by atoms with Crippen molar-refractivity contribution in [2.45, 2.75) is 39.8 Å². The Hall–Kier alpha value is -0.0800. The van der Waals surface area contributed by atoms with Crippen molar-refractivity contribution in [2.24, 2.45) is 11.8 Å². The van der Waals surface area contributed by atoms with Crippen LogP contribution in [0.5, 0.6) is 0 Å². The maximum atomic E-state index is 9.76. The Labute approximate surface area is 75.6 Å². The van der Waals surface area contributed by atoms with Gasteiger partial charge in [-0.05, 0) is 24.7 Å². The second-order valence-corrected chi connectivity index (χ2v) is 4.38. The Kier molecular flexibility index (Phi) is 3.53. The van der Waals surface area contributed by atoms with Crippen LogP contribution in [-0.4, -0.2) is 29.3 Å². The summed E-state index contributed by atoms with van der Waals surface area (Å²) in [5.74, 6) is 1.21. The van der Waals surface area contributed by atoms with Gasteiger partial charge in [0.25, 0.3) is 0 Å². The number of nitrogens with zero attached hydrogens (tertiary/aromatic N) is 1. The quantitative estimate of drug-likeness (QED) is 0.683. The highest BCUT2D eigenvalue weighted by Gasteiger charge is 2.23. The zero-order valence-electron chi connectivity index (χ0n) is 8.45. The lowest BCUT2D eigenvalue weighted by molar-refractivity contribution is -0.0451. The Morgan fingerprint density at radius 1 is 1.25 bits per heavy atom. The molecular formula is C10H21NO. The van der Waals surface area contributed by atoms with Gasteiger partial charge in [-0.15, -0.1) is 0 Å². The zero-order valence-corrected chi connectivity index (χ0v) is 8.45. The fraction of sp³-hybridized carbons (Fsp3) is 1.00. The average Bonchev–Trinajstić information content (AvgIpc) is 2.04. The summed E-state index contributed by atoms with van der Waals surface area (Å²) in [6, 6.07) is 0. The number of rotatable bonds is 2. The van der Waals surface area contributed by atoms with Crippen LogP contribution in [0, 0.1) is 11.8 Å². The van der Waals surface area contributed by atoms with Gasteiger partial charge in [0.15, 0.2) is 0 Å². The molecule has 1 unspecified atom stereocenters. The van der Waals surface area contributed by atoms with Crippen molar-refractivity contribution in [1.82, 2.24) is 4.90 Å². The second-order valence-electron chi connectivity index (χ2n) is 4.38. The first kappa shape index (κ1) is 10.0. The largest absolute Gasteiger partial charge is 0.378 e. The first-order valence-corrected chi connectivity index (χ1v) is 5.03. The van der Waals surface area contributed by atoms with E-state index in [4.69, 9.17) is 0 Å². The van der Waals surface area contributed by atoms with E-state index in [2.05, 4.69) is 25.7 Å². The lowest BCUT2D eigenvalue weighted by Gasteiger charge is -2.35. The number of hydrogen-bond donors (Lipinski definition) is 1. The molecule has 0 aromatic heterocycles. The number of likely N-dealkylation sites (tertiary alicyclic amines) is 1. The summed E-state index contributed by atoms with van der Waals surface area (Å²) < 4.78 is 0. The van der Waals surface area contributed by atoms with E-state index in [-0.39, 0.29) is 6.23 Å². The van der Waals surface area contributed by atoms with E-state index in [1.807, 2.05) is 0 Å². The summed E-state index contributed by atoms with van der Waals surface area (Å²) in [5.41, 5.74) is 0. The van der Waals surface area contributed by atoms with E-state index >= 15 is 0 Å². The van der Waals surface area contributed by atoms with E-state index in [1.165, 1.54) is 12.8 Å². The Morgan fingerprint density at radius 2 is 1.75 bits per heavy atom. The maximum Gasteiger partial charge on any atom is 0.109 e. The fourth-order valence-electron chi connectivity index (χ4n) is 1.71. The zero-order chi connectivity index (χ0) is 9.14. The molecule has 72 valence electrons. The average molecular weight is 171 g/mol. The standard InChI is InChI=1S/C10H21NO/c1-8(2)10(12)11-6-4-9(3)5-7-11/h8-10,12H,4-7H2,1-3H3. The molecule has 2 nitrogen and oxygen atoms in total. The van der Waals surface area contributed by atoms with Crippen LogP contribution in [0.2, 0.25) is 0 Å². The Bertz CT molecular complexity index is 128. The van der Waals surface area contributed by atoms with Crippen LogP contribution in [-0.2, 0) is 0 Å². The SMILES string of the molecule is CC1CCN(C(O)C(C)C)CC1. The number of hydrogen-bond acceptors (Lipinski definition) is 2. The lowest BCUT2D eigenvalue weighted by atomic mass is 9.98. The molecule has 0 saturated carbocycles. The highest BCUT2D eigenvalue weighted by molar-refractivity contribution is 4.72. The van der Waals surface area contributed by atoms with Crippen molar-refractivity contribution in [3.05, 3.63) is 0 Å². The first-order chi connectivity index (χ1) is 5.61. The highest BCUT2D eigenvalue weighted by atomic mass is 16.3. The molecule has 2 heteroatoms. The minimum atomic E-state index is -0.225. The molecular weight excluding hydrogens is 150 g/mol. The highest BCUT2D eigenvalue weighted by Crippen LogP contribution is 2.19. The molecule has 0 aromatic rings. The summed E-state index contributed by atoms with van der Waals surface area (Å²) in [7, 11) is 0.